The molecule has 0 aliphatic heterocycles. The topological polar surface area (TPSA) is 12.5 Å². The minimum atomic E-state index is 0.691. The van der Waals surface area contributed by atoms with Crippen molar-refractivity contribution in [3.05, 3.63) is 65.7 Å². The smallest absolute Gasteiger partial charge is 0.0717 e. The van der Waals surface area contributed by atoms with Crippen molar-refractivity contribution in [1.29, 1.82) is 0 Å². The van der Waals surface area contributed by atoms with Crippen molar-refractivity contribution in [1.82, 2.24) is 0 Å². The van der Waals surface area contributed by atoms with Gasteiger partial charge in [-0.05, 0) is 36.6 Å². The predicted octanol–water partition coefficient (Wildman–Crippen LogP) is 4.29. The van der Waals surface area contributed by atoms with Crippen LogP contribution in [0.3, 0.4) is 0 Å². The van der Waals surface area contributed by atoms with Crippen molar-refractivity contribution in [3.63, 3.8) is 0 Å². The lowest BCUT2D eigenvalue weighted by atomic mass is 10.1. The molecule has 0 radical (unpaired) electrons. The van der Waals surface area contributed by atoms with Gasteiger partial charge < -0.3 is 9.64 Å². The Balaban J connectivity index is 1.75. The van der Waals surface area contributed by atoms with Crippen LogP contribution in [0, 0.1) is 0 Å². The van der Waals surface area contributed by atoms with Gasteiger partial charge in [0.2, 0.25) is 0 Å². The molecule has 0 fully saturated rings. The molecule has 0 spiro atoms. The second-order valence-electron chi connectivity index (χ2n) is 5.14. The molecule has 0 atom stereocenters. The standard InChI is InChI=1S/C19H25NO/c1-3-17-10-12-18(13-11-17)16-21-15-14-20(4-2)19-8-6-5-7-9-19/h5-13H,3-4,14-16H2,1-2H3. The Bertz CT molecular complexity index is 507. The molecule has 21 heavy (non-hydrogen) atoms. The zero-order chi connectivity index (χ0) is 14.9. The van der Waals surface area contributed by atoms with Crippen LogP contribution >= 0.6 is 0 Å². The van der Waals surface area contributed by atoms with E-state index >= 15 is 0 Å². The molecule has 0 aromatic heterocycles. The molecular weight excluding hydrogens is 258 g/mol. The number of likely N-dealkylation sites (N-methyl/N-ethyl adjacent to an activating group) is 1. The fourth-order valence-corrected chi connectivity index (χ4v) is 2.34. The Morgan fingerprint density at radius 2 is 1.52 bits per heavy atom. The molecule has 2 aromatic carbocycles. The van der Waals surface area contributed by atoms with E-state index in [2.05, 4.69) is 67.3 Å². The van der Waals surface area contributed by atoms with Crippen molar-refractivity contribution in [3.8, 4) is 0 Å². The largest absolute Gasteiger partial charge is 0.375 e. The minimum absolute atomic E-state index is 0.691. The Morgan fingerprint density at radius 3 is 2.14 bits per heavy atom. The minimum Gasteiger partial charge on any atom is -0.375 e. The van der Waals surface area contributed by atoms with Gasteiger partial charge in [0.15, 0.2) is 0 Å². The molecule has 0 heterocycles. The number of aryl methyl sites for hydroxylation is 1. The van der Waals surface area contributed by atoms with E-state index in [0.29, 0.717) is 6.61 Å². The molecule has 0 N–H and O–H groups in total. The molecule has 2 aromatic rings. The van der Waals surface area contributed by atoms with Crippen LogP contribution in [-0.2, 0) is 17.8 Å². The molecular formula is C19H25NO. The number of hydrogen-bond acceptors (Lipinski definition) is 2. The van der Waals surface area contributed by atoms with Crippen LogP contribution in [0.15, 0.2) is 54.6 Å². The van der Waals surface area contributed by atoms with E-state index in [1.54, 1.807) is 0 Å². The number of para-hydroxylation sites is 1. The first kappa shape index (κ1) is 15.6. The molecule has 0 amide bonds. The Kier molecular flexibility index (Phi) is 6.29. The lowest BCUT2D eigenvalue weighted by Crippen LogP contribution is -2.26. The molecule has 0 aliphatic carbocycles. The first-order chi connectivity index (χ1) is 10.3. The van der Waals surface area contributed by atoms with E-state index < -0.39 is 0 Å². The summed E-state index contributed by atoms with van der Waals surface area (Å²) in [6.45, 7) is 7.71. The number of hydrogen-bond donors (Lipinski definition) is 0. The molecule has 2 rings (SSSR count). The number of ether oxygens (including phenoxy) is 1. The number of nitrogens with zero attached hydrogens (tertiary/aromatic N) is 1. The molecule has 0 unspecified atom stereocenters. The summed E-state index contributed by atoms with van der Waals surface area (Å²) < 4.78 is 5.81. The monoisotopic (exact) mass is 283 g/mol. The maximum atomic E-state index is 5.81. The fourth-order valence-electron chi connectivity index (χ4n) is 2.34. The maximum absolute atomic E-state index is 5.81. The summed E-state index contributed by atoms with van der Waals surface area (Å²) in [5.41, 5.74) is 3.88. The molecule has 2 nitrogen and oxygen atoms in total. The summed E-state index contributed by atoms with van der Waals surface area (Å²) in [6.07, 6.45) is 1.09. The van der Waals surface area contributed by atoms with Gasteiger partial charge in [0, 0.05) is 18.8 Å². The van der Waals surface area contributed by atoms with Crippen LogP contribution in [-0.4, -0.2) is 19.7 Å². The normalized spacial score (nSPS) is 10.6. The Hall–Kier alpha value is -1.80. The first-order valence-electron chi connectivity index (χ1n) is 7.79. The lowest BCUT2D eigenvalue weighted by molar-refractivity contribution is 0.127. The van der Waals surface area contributed by atoms with Crippen LogP contribution in [0.2, 0.25) is 0 Å². The summed E-state index contributed by atoms with van der Waals surface area (Å²) in [4.78, 5) is 2.33. The Morgan fingerprint density at radius 1 is 0.857 bits per heavy atom. The van der Waals surface area contributed by atoms with E-state index in [0.717, 1.165) is 26.1 Å². The molecule has 0 saturated heterocycles. The lowest BCUT2D eigenvalue weighted by Gasteiger charge is -2.22. The number of benzene rings is 2. The SMILES string of the molecule is CCc1ccc(COCCN(CC)c2ccccc2)cc1. The van der Waals surface area contributed by atoms with Crippen molar-refractivity contribution in [2.24, 2.45) is 0 Å². The highest BCUT2D eigenvalue weighted by atomic mass is 16.5. The molecule has 0 aliphatic rings. The van der Waals surface area contributed by atoms with E-state index in [4.69, 9.17) is 4.74 Å². The van der Waals surface area contributed by atoms with Gasteiger partial charge >= 0.3 is 0 Å². The molecule has 0 bridgehead atoms. The predicted molar refractivity (Wildman–Crippen MR) is 89.8 cm³/mol. The van der Waals surface area contributed by atoms with E-state index in [9.17, 15) is 0 Å². The van der Waals surface area contributed by atoms with Crippen molar-refractivity contribution < 1.29 is 4.74 Å². The van der Waals surface area contributed by atoms with Gasteiger partial charge in [-0.15, -0.1) is 0 Å². The summed E-state index contributed by atoms with van der Waals surface area (Å²) in [6, 6.07) is 19.2. The second-order valence-corrected chi connectivity index (χ2v) is 5.14. The maximum Gasteiger partial charge on any atom is 0.0717 e. The van der Waals surface area contributed by atoms with Gasteiger partial charge in [0.1, 0.15) is 0 Å². The van der Waals surface area contributed by atoms with Crippen molar-refractivity contribution >= 4 is 5.69 Å². The molecule has 2 heteroatoms. The first-order valence-corrected chi connectivity index (χ1v) is 7.79. The summed E-state index contributed by atoms with van der Waals surface area (Å²) >= 11 is 0. The van der Waals surface area contributed by atoms with Crippen LogP contribution in [0.5, 0.6) is 0 Å². The average molecular weight is 283 g/mol. The summed E-state index contributed by atoms with van der Waals surface area (Å²) in [5, 5.41) is 0. The van der Waals surface area contributed by atoms with Crippen molar-refractivity contribution in [2.75, 3.05) is 24.6 Å². The highest BCUT2D eigenvalue weighted by molar-refractivity contribution is 5.45. The van der Waals surface area contributed by atoms with Gasteiger partial charge in [-0.1, -0.05) is 49.4 Å². The highest BCUT2D eigenvalue weighted by Crippen LogP contribution is 2.12. The number of anilines is 1. The van der Waals surface area contributed by atoms with Gasteiger partial charge in [-0.3, -0.25) is 0 Å². The van der Waals surface area contributed by atoms with Crippen LogP contribution in [0.4, 0.5) is 5.69 Å². The van der Waals surface area contributed by atoms with Gasteiger partial charge in [0.05, 0.1) is 13.2 Å². The Labute approximate surface area is 128 Å². The van der Waals surface area contributed by atoms with E-state index in [1.165, 1.54) is 16.8 Å². The van der Waals surface area contributed by atoms with Crippen LogP contribution in [0.25, 0.3) is 0 Å². The average Bonchev–Trinajstić information content (AvgIpc) is 2.56. The van der Waals surface area contributed by atoms with Crippen molar-refractivity contribution in [2.45, 2.75) is 26.9 Å². The van der Waals surface area contributed by atoms with Crippen LogP contribution < -0.4 is 4.90 Å². The fraction of sp³-hybridized carbons (Fsp3) is 0.368. The third-order valence-corrected chi connectivity index (χ3v) is 3.71. The van der Waals surface area contributed by atoms with Gasteiger partial charge in [-0.2, -0.15) is 0 Å². The molecule has 0 saturated carbocycles. The third-order valence-electron chi connectivity index (χ3n) is 3.71. The third kappa shape index (κ3) is 4.91. The second kappa shape index (κ2) is 8.48. The quantitative estimate of drug-likeness (QED) is 0.670. The number of rotatable bonds is 8. The zero-order valence-corrected chi connectivity index (χ0v) is 13.1. The van der Waals surface area contributed by atoms with E-state index in [-0.39, 0.29) is 0 Å². The van der Waals surface area contributed by atoms with Gasteiger partial charge in [-0.25, -0.2) is 0 Å². The van der Waals surface area contributed by atoms with E-state index in [1.807, 2.05) is 6.07 Å². The molecule has 112 valence electrons. The highest BCUT2D eigenvalue weighted by Gasteiger charge is 2.03. The van der Waals surface area contributed by atoms with Gasteiger partial charge in [0.25, 0.3) is 0 Å². The zero-order valence-electron chi connectivity index (χ0n) is 13.1. The summed E-state index contributed by atoms with van der Waals surface area (Å²) in [5.74, 6) is 0. The summed E-state index contributed by atoms with van der Waals surface area (Å²) in [7, 11) is 0. The van der Waals surface area contributed by atoms with Crippen LogP contribution in [0.1, 0.15) is 25.0 Å².